The molecule has 5 aliphatic rings. The Balaban J connectivity index is 1.38. The van der Waals surface area contributed by atoms with Gasteiger partial charge in [0.1, 0.15) is 5.54 Å². The van der Waals surface area contributed by atoms with Crippen molar-refractivity contribution in [2.75, 3.05) is 0 Å². The molecule has 4 aromatic rings. The van der Waals surface area contributed by atoms with Crippen molar-refractivity contribution in [1.29, 1.82) is 0 Å². The molecule has 8 heteroatoms. The van der Waals surface area contributed by atoms with E-state index in [9.17, 15) is 8.42 Å². The van der Waals surface area contributed by atoms with Crippen LogP contribution in [-0.4, -0.2) is 27.4 Å². The van der Waals surface area contributed by atoms with Gasteiger partial charge < -0.3 is 0 Å². The van der Waals surface area contributed by atoms with Crippen molar-refractivity contribution >= 4 is 31.8 Å². The maximum absolute atomic E-state index is 15.1. The lowest BCUT2D eigenvalue weighted by molar-refractivity contribution is -0.140. The van der Waals surface area contributed by atoms with Crippen LogP contribution >= 0.6 is 0 Å². The van der Waals surface area contributed by atoms with Gasteiger partial charge in [-0.1, -0.05) is 83.9 Å². The first kappa shape index (κ1) is 28.2. The van der Waals surface area contributed by atoms with Crippen LogP contribution in [0.4, 0.5) is 0 Å². The molecular weight excluding hydrogens is 613 g/mol. The third-order valence-electron chi connectivity index (χ3n) is 12.0. The summed E-state index contributed by atoms with van der Waals surface area (Å²) in [7, 11) is -8.34. The monoisotopic (exact) mass is 646 g/mol. The smallest absolute Gasteiger partial charge is 0.256 e. The Bertz CT molecular complexity index is 2240. The van der Waals surface area contributed by atoms with E-state index in [1.165, 1.54) is 16.1 Å². The highest BCUT2D eigenvalue weighted by molar-refractivity contribution is 7.90. The Kier molecular flexibility index (Phi) is 5.57. The summed E-state index contributed by atoms with van der Waals surface area (Å²) in [6, 6.07) is 30.1. The van der Waals surface area contributed by atoms with Gasteiger partial charge >= 0.3 is 0 Å². The molecule has 5 atom stereocenters. The second-order valence-corrected chi connectivity index (χ2v) is 17.2. The van der Waals surface area contributed by atoms with Gasteiger partial charge in [0.05, 0.1) is 9.79 Å². The lowest BCUT2D eigenvalue weighted by atomic mass is 9.34. The maximum atomic E-state index is 15.1. The topological polar surface area (TPSA) is 83.9 Å². The summed E-state index contributed by atoms with van der Waals surface area (Å²) in [6.45, 7) is 3.84. The molecule has 1 aliphatic heterocycles. The lowest BCUT2D eigenvalue weighted by Crippen LogP contribution is -2.71. The normalized spacial score (nSPS) is 30.2. The van der Waals surface area contributed by atoms with Crippen LogP contribution < -0.4 is 0 Å². The fourth-order valence-electron chi connectivity index (χ4n) is 10.1. The van der Waals surface area contributed by atoms with Gasteiger partial charge in [-0.25, -0.2) is 8.42 Å². The number of aryl methyl sites for hydroxylation is 2. The number of nitrogens with zero attached hydrogens (tertiary/aromatic N) is 2. The summed E-state index contributed by atoms with van der Waals surface area (Å²) in [5.41, 5.74) is 4.99. The van der Waals surface area contributed by atoms with E-state index >= 15 is 8.42 Å². The minimum atomic E-state index is -4.19. The molecule has 0 bridgehead atoms. The Morgan fingerprint density at radius 2 is 1.33 bits per heavy atom. The Morgan fingerprint density at radius 3 is 1.96 bits per heavy atom. The molecule has 2 spiro atoms. The molecule has 0 radical (unpaired) electrons. The van der Waals surface area contributed by atoms with Gasteiger partial charge in [0.25, 0.3) is 20.0 Å². The van der Waals surface area contributed by atoms with Crippen molar-refractivity contribution < 1.29 is 16.8 Å². The second kappa shape index (κ2) is 9.07. The van der Waals surface area contributed by atoms with Gasteiger partial charge in [0, 0.05) is 23.2 Å². The van der Waals surface area contributed by atoms with Crippen LogP contribution in [0, 0.1) is 24.7 Å². The zero-order chi connectivity index (χ0) is 31.7. The van der Waals surface area contributed by atoms with Gasteiger partial charge in [0.2, 0.25) is 0 Å². The summed E-state index contributed by atoms with van der Waals surface area (Å²) in [5, 5.41) is 0. The number of allylic oxidation sites excluding steroid dienone is 1. The molecule has 0 unspecified atom stereocenters. The van der Waals surface area contributed by atoms with E-state index in [-0.39, 0.29) is 27.0 Å². The molecule has 4 aromatic carbocycles. The first-order valence-corrected chi connectivity index (χ1v) is 18.9. The van der Waals surface area contributed by atoms with Crippen molar-refractivity contribution in [2.45, 2.75) is 66.7 Å². The molecule has 2 saturated carbocycles. The first-order chi connectivity index (χ1) is 22.1. The Morgan fingerprint density at radius 1 is 0.717 bits per heavy atom. The van der Waals surface area contributed by atoms with Gasteiger partial charge in [-0.15, -0.1) is 0 Å². The molecule has 4 aliphatic carbocycles. The second-order valence-electron chi connectivity index (χ2n) is 13.7. The minimum absolute atomic E-state index is 0.0637. The van der Waals surface area contributed by atoms with Crippen molar-refractivity contribution in [1.82, 2.24) is 4.31 Å². The molecule has 232 valence electrons. The van der Waals surface area contributed by atoms with E-state index in [1.54, 1.807) is 36.4 Å². The zero-order valence-electron chi connectivity index (χ0n) is 25.7. The van der Waals surface area contributed by atoms with Crippen molar-refractivity contribution in [3.05, 3.63) is 137 Å². The van der Waals surface area contributed by atoms with Crippen LogP contribution in [-0.2, 0) is 25.6 Å². The van der Waals surface area contributed by atoms with E-state index < -0.39 is 31.0 Å². The van der Waals surface area contributed by atoms with Crippen LogP contribution in [0.5, 0.6) is 0 Å². The summed E-state index contributed by atoms with van der Waals surface area (Å²) < 4.78 is 64.1. The molecule has 9 rings (SSSR count). The van der Waals surface area contributed by atoms with Crippen LogP contribution in [0.2, 0.25) is 0 Å². The predicted octanol–water partition coefficient (Wildman–Crippen LogP) is 7.46. The summed E-state index contributed by atoms with van der Waals surface area (Å²) in [4.78, 5) is 0.260. The molecule has 46 heavy (non-hydrogen) atoms. The average Bonchev–Trinajstić information content (AvgIpc) is 3.32. The number of hydrogen-bond donors (Lipinski definition) is 0. The molecule has 1 heterocycles. The highest BCUT2D eigenvalue weighted by Gasteiger charge is 2.83. The zero-order valence-corrected chi connectivity index (χ0v) is 27.4. The van der Waals surface area contributed by atoms with E-state index in [0.29, 0.717) is 0 Å². The number of hydrogen-bond acceptors (Lipinski definition) is 4. The number of benzene rings is 4. The predicted molar refractivity (Wildman–Crippen MR) is 178 cm³/mol. The summed E-state index contributed by atoms with van der Waals surface area (Å²) in [5.74, 6) is 0.298. The Labute approximate surface area is 270 Å². The molecular formula is C38H34N2O4S2. The average molecular weight is 647 g/mol. The molecule has 0 aromatic heterocycles. The molecule has 0 saturated heterocycles. The number of rotatable bonds is 5. The van der Waals surface area contributed by atoms with Crippen LogP contribution in [0.1, 0.15) is 70.9 Å². The molecule has 0 N–H and O–H groups in total. The fourth-order valence-corrected chi connectivity index (χ4v) is 12.6. The fraction of sp³-hybridized carbons (Fsp3) is 0.289. The minimum Gasteiger partial charge on any atom is -0.256 e. The van der Waals surface area contributed by atoms with E-state index in [4.69, 9.17) is 0 Å². The number of fused-ring (bicyclic) bond motifs is 6. The largest absolute Gasteiger partial charge is 0.282 e. The van der Waals surface area contributed by atoms with E-state index in [1.807, 2.05) is 56.4 Å². The highest BCUT2D eigenvalue weighted by Crippen LogP contribution is 2.88. The highest BCUT2D eigenvalue weighted by atomic mass is 32.2. The molecule has 6 nitrogen and oxygen atoms in total. The van der Waals surface area contributed by atoms with Crippen LogP contribution in [0.15, 0.2) is 117 Å². The van der Waals surface area contributed by atoms with Gasteiger partial charge in [0.15, 0.2) is 0 Å². The summed E-state index contributed by atoms with van der Waals surface area (Å²) >= 11 is 0. The van der Waals surface area contributed by atoms with Crippen molar-refractivity contribution in [3.63, 3.8) is 0 Å². The van der Waals surface area contributed by atoms with Crippen molar-refractivity contribution in [2.24, 2.45) is 15.2 Å². The SMILES string of the molecule is Cc1ccc(S(=O)(=O)/N=C/[C@]23c4ccccc4[C@@H]4CC[C@@]42[C@@]24CC[C@@H]2c2ccccc2C4=CN3S(=O)(=O)c2ccc(C)cc2)cc1. The van der Waals surface area contributed by atoms with E-state index in [2.05, 4.69) is 28.7 Å². The van der Waals surface area contributed by atoms with Gasteiger partial charge in [-0.05, 0) is 103 Å². The van der Waals surface area contributed by atoms with Gasteiger partial charge in [-0.3, -0.25) is 4.31 Å². The Hall–Kier alpha value is -4.01. The molecule has 0 amide bonds. The lowest BCUT2D eigenvalue weighted by Gasteiger charge is -2.72. The van der Waals surface area contributed by atoms with Gasteiger partial charge in [-0.2, -0.15) is 12.8 Å². The number of sulfonamides is 2. The quantitative estimate of drug-likeness (QED) is 0.211. The third kappa shape index (κ3) is 3.15. The van der Waals surface area contributed by atoms with Crippen LogP contribution in [0.25, 0.3) is 5.57 Å². The first-order valence-electron chi connectivity index (χ1n) is 16.0. The maximum Gasteiger partial charge on any atom is 0.282 e. The van der Waals surface area contributed by atoms with Crippen molar-refractivity contribution in [3.8, 4) is 0 Å². The molecule has 2 fully saturated rings. The summed E-state index contributed by atoms with van der Waals surface area (Å²) in [6.07, 6.45) is 6.99. The van der Waals surface area contributed by atoms with Crippen LogP contribution in [0.3, 0.4) is 0 Å². The standard InChI is InChI=1S/C38H34N2O4S2/c1-25-11-15-27(16-12-25)45(41,42)39-24-38-34-10-6-5-9-31(34)33-20-22-37(33,38)36-21-19-32(36)29-7-3-4-8-30(29)35(36)23-40(38)46(43,44)28-17-13-26(2)14-18-28/h3-18,23-24,32-33H,19-22H2,1-2H3/b39-24+/t32-,33+,36+,37+,38+/m1/s1. The van der Waals surface area contributed by atoms with E-state index in [0.717, 1.165) is 59.1 Å². The third-order valence-corrected chi connectivity index (χ3v) is 15.1.